The molecule has 120 valence electrons. The molecule has 2 aromatic carbocycles. The number of carbonyl (C=O) groups excluding carboxylic acids is 1. The van der Waals surface area contributed by atoms with E-state index in [4.69, 9.17) is 4.74 Å². The molecule has 0 bridgehead atoms. The fourth-order valence-corrected chi connectivity index (χ4v) is 2.80. The Kier molecular flexibility index (Phi) is 4.24. The third kappa shape index (κ3) is 3.47. The molecule has 1 saturated carbocycles. The SMILES string of the molecule is COc1ccc(C2(NC(=O)NC(C)c3ccccc3)CC2)cc1. The van der Waals surface area contributed by atoms with Gasteiger partial charge in [-0.25, -0.2) is 4.79 Å². The maximum Gasteiger partial charge on any atom is 0.315 e. The Balaban J connectivity index is 1.63. The largest absolute Gasteiger partial charge is 0.497 e. The molecule has 0 heterocycles. The van der Waals surface area contributed by atoms with Gasteiger partial charge < -0.3 is 15.4 Å². The van der Waals surface area contributed by atoms with E-state index in [0.717, 1.165) is 29.7 Å². The second kappa shape index (κ2) is 6.32. The van der Waals surface area contributed by atoms with Crippen LogP contribution in [0, 0.1) is 0 Å². The Morgan fingerprint density at radius 2 is 1.74 bits per heavy atom. The number of benzene rings is 2. The quantitative estimate of drug-likeness (QED) is 0.884. The van der Waals surface area contributed by atoms with Crippen LogP contribution in [0.4, 0.5) is 4.79 Å². The van der Waals surface area contributed by atoms with Gasteiger partial charge in [-0.1, -0.05) is 42.5 Å². The summed E-state index contributed by atoms with van der Waals surface area (Å²) in [5, 5.41) is 6.14. The van der Waals surface area contributed by atoms with Gasteiger partial charge in [-0.3, -0.25) is 0 Å². The van der Waals surface area contributed by atoms with Crippen molar-refractivity contribution in [1.29, 1.82) is 0 Å². The van der Waals surface area contributed by atoms with Gasteiger partial charge in [-0.15, -0.1) is 0 Å². The van der Waals surface area contributed by atoms with Crippen molar-refractivity contribution < 1.29 is 9.53 Å². The summed E-state index contributed by atoms with van der Waals surface area (Å²) in [5.74, 6) is 0.826. The molecule has 2 N–H and O–H groups in total. The Labute approximate surface area is 136 Å². The first kappa shape index (κ1) is 15.4. The number of ether oxygens (including phenoxy) is 1. The lowest BCUT2D eigenvalue weighted by Gasteiger charge is -2.21. The maximum atomic E-state index is 12.3. The molecule has 1 aliphatic carbocycles. The summed E-state index contributed by atoms with van der Waals surface area (Å²) < 4.78 is 5.19. The van der Waals surface area contributed by atoms with Crippen LogP contribution >= 0.6 is 0 Å². The van der Waals surface area contributed by atoms with Gasteiger partial charge in [0.1, 0.15) is 5.75 Å². The normalized spacial score (nSPS) is 16.3. The van der Waals surface area contributed by atoms with Gasteiger partial charge in [0.25, 0.3) is 0 Å². The molecule has 0 aliphatic heterocycles. The molecular formula is C19H22N2O2. The highest BCUT2D eigenvalue weighted by Gasteiger charge is 2.45. The average molecular weight is 310 g/mol. The lowest BCUT2D eigenvalue weighted by molar-refractivity contribution is 0.232. The fraction of sp³-hybridized carbons (Fsp3) is 0.316. The van der Waals surface area contributed by atoms with Crippen molar-refractivity contribution in [1.82, 2.24) is 10.6 Å². The minimum Gasteiger partial charge on any atom is -0.497 e. The van der Waals surface area contributed by atoms with Gasteiger partial charge in [-0.2, -0.15) is 0 Å². The summed E-state index contributed by atoms with van der Waals surface area (Å²) >= 11 is 0. The van der Waals surface area contributed by atoms with E-state index in [-0.39, 0.29) is 17.6 Å². The first-order valence-corrected chi connectivity index (χ1v) is 7.91. The van der Waals surface area contributed by atoms with E-state index in [9.17, 15) is 4.79 Å². The van der Waals surface area contributed by atoms with E-state index in [2.05, 4.69) is 10.6 Å². The molecule has 4 nitrogen and oxygen atoms in total. The Morgan fingerprint density at radius 3 is 2.30 bits per heavy atom. The molecule has 3 rings (SSSR count). The molecule has 4 heteroatoms. The fourth-order valence-electron chi connectivity index (χ4n) is 2.80. The third-order valence-electron chi connectivity index (χ3n) is 4.39. The summed E-state index contributed by atoms with van der Waals surface area (Å²) in [6.07, 6.45) is 1.93. The monoisotopic (exact) mass is 310 g/mol. The predicted octanol–water partition coefficient (Wildman–Crippen LogP) is 3.74. The van der Waals surface area contributed by atoms with Gasteiger partial charge in [0.05, 0.1) is 18.7 Å². The van der Waals surface area contributed by atoms with Crippen molar-refractivity contribution in [2.24, 2.45) is 0 Å². The lowest BCUT2D eigenvalue weighted by atomic mass is 10.0. The molecule has 1 fully saturated rings. The van der Waals surface area contributed by atoms with Crippen LogP contribution in [0.3, 0.4) is 0 Å². The standard InChI is InChI=1S/C19H22N2O2/c1-14(15-6-4-3-5-7-15)20-18(22)21-19(12-13-19)16-8-10-17(23-2)11-9-16/h3-11,14H,12-13H2,1-2H3,(H2,20,21,22). The molecule has 2 aromatic rings. The summed E-state index contributed by atoms with van der Waals surface area (Å²) in [4.78, 5) is 12.3. The highest BCUT2D eigenvalue weighted by molar-refractivity contribution is 5.76. The predicted molar refractivity (Wildman–Crippen MR) is 90.4 cm³/mol. The number of hydrogen-bond donors (Lipinski definition) is 2. The summed E-state index contributed by atoms with van der Waals surface area (Å²) in [7, 11) is 1.65. The van der Waals surface area contributed by atoms with Crippen molar-refractivity contribution in [3.8, 4) is 5.75 Å². The number of nitrogens with one attached hydrogen (secondary N) is 2. The Morgan fingerprint density at radius 1 is 1.09 bits per heavy atom. The number of carbonyl (C=O) groups is 1. The van der Waals surface area contributed by atoms with E-state index < -0.39 is 0 Å². The summed E-state index contributed by atoms with van der Waals surface area (Å²) in [5.41, 5.74) is 1.99. The van der Waals surface area contributed by atoms with Crippen LogP contribution < -0.4 is 15.4 Å². The van der Waals surface area contributed by atoms with Crippen LogP contribution in [0.2, 0.25) is 0 Å². The highest BCUT2D eigenvalue weighted by Crippen LogP contribution is 2.45. The lowest BCUT2D eigenvalue weighted by Crippen LogP contribution is -2.43. The molecule has 1 aliphatic rings. The summed E-state index contributed by atoms with van der Waals surface area (Å²) in [6.45, 7) is 1.99. The van der Waals surface area contributed by atoms with Crippen molar-refractivity contribution >= 4 is 6.03 Å². The molecule has 2 amide bonds. The van der Waals surface area contributed by atoms with Gasteiger partial charge in [0.2, 0.25) is 0 Å². The van der Waals surface area contributed by atoms with Crippen molar-refractivity contribution in [3.05, 3.63) is 65.7 Å². The van der Waals surface area contributed by atoms with Gasteiger partial charge in [0.15, 0.2) is 0 Å². The number of urea groups is 1. The van der Waals surface area contributed by atoms with E-state index >= 15 is 0 Å². The molecule has 0 radical (unpaired) electrons. The van der Waals surface area contributed by atoms with E-state index in [1.165, 1.54) is 0 Å². The van der Waals surface area contributed by atoms with Crippen LogP contribution in [0.1, 0.15) is 36.9 Å². The topological polar surface area (TPSA) is 50.4 Å². The first-order valence-electron chi connectivity index (χ1n) is 7.91. The zero-order valence-corrected chi connectivity index (χ0v) is 13.5. The highest BCUT2D eigenvalue weighted by atomic mass is 16.5. The zero-order chi connectivity index (χ0) is 16.3. The number of amides is 2. The second-order valence-electron chi connectivity index (χ2n) is 6.04. The van der Waals surface area contributed by atoms with E-state index in [0.29, 0.717) is 0 Å². The van der Waals surface area contributed by atoms with Gasteiger partial charge in [-0.05, 0) is 43.0 Å². The van der Waals surface area contributed by atoms with Crippen LogP contribution in [0.15, 0.2) is 54.6 Å². The second-order valence-corrected chi connectivity index (χ2v) is 6.04. The minimum atomic E-state index is -0.229. The smallest absolute Gasteiger partial charge is 0.315 e. The minimum absolute atomic E-state index is 0.0251. The molecule has 1 unspecified atom stereocenters. The van der Waals surface area contributed by atoms with Gasteiger partial charge in [0, 0.05) is 0 Å². The van der Waals surface area contributed by atoms with Crippen LogP contribution in [0.5, 0.6) is 5.75 Å². The zero-order valence-electron chi connectivity index (χ0n) is 13.5. The molecule has 0 saturated heterocycles. The maximum absolute atomic E-state index is 12.3. The molecular weight excluding hydrogens is 288 g/mol. The van der Waals surface area contributed by atoms with Crippen molar-refractivity contribution in [3.63, 3.8) is 0 Å². The molecule has 1 atom stereocenters. The summed E-state index contributed by atoms with van der Waals surface area (Å²) in [6, 6.07) is 17.7. The molecule has 0 aromatic heterocycles. The van der Waals surface area contributed by atoms with Crippen LogP contribution in [-0.4, -0.2) is 13.1 Å². The molecule has 23 heavy (non-hydrogen) atoms. The average Bonchev–Trinajstić information content (AvgIpc) is 3.36. The number of rotatable bonds is 5. The van der Waals surface area contributed by atoms with Crippen LogP contribution in [-0.2, 0) is 5.54 Å². The van der Waals surface area contributed by atoms with Crippen molar-refractivity contribution in [2.45, 2.75) is 31.3 Å². The number of methoxy groups -OCH3 is 1. The molecule has 0 spiro atoms. The Bertz CT molecular complexity index is 664. The van der Waals surface area contributed by atoms with E-state index in [1.54, 1.807) is 7.11 Å². The Hall–Kier alpha value is -2.49. The van der Waals surface area contributed by atoms with Crippen molar-refractivity contribution in [2.75, 3.05) is 7.11 Å². The third-order valence-corrected chi connectivity index (χ3v) is 4.39. The van der Waals surface area contributed by atoms with Gasteiger partial charge >= 0.3 is 6.03 Å². The number of hydrogen-bond acceptors (Lipinski definition) is 2. The van der Waals surface area contributed by atoms with E-state index in [1.807, 2.05) is 61.5 Å². The van der Waals surface area contributed by atoms with Crippen LogP contribution in [0.25, 0.3) is 0 Å². The first-order chi connectivity index (χ1) is 11.1.